The van der Waals surface area contributed by atoms with Gasteiger partial charge in [-0.1, -0.05) is 147 Å². The minimum Gasteiger partial charge on any atom is -0.462 e. The third kappa shape index (κ3) is 30.0. The van der Waals surface area contributed by atoms with E-state index >= 15 is 0 Å². The number of hydrogen-bond acceptors (Lipinski definition) is 12. The molecule has 1 rings (SSSR count). The van der Waals surface area contributed by atoms with Gasteiger partial charge in [0, 0.05) is 12.8 Å². The SMILES string of the molecule is CCCCCC=CCC=CCCCCCCCC(=O)OCC(COP(=O)(O)OC1C(O)C(O)C(O)C(O)C1O)OC(=O)CCCCCCCCCC=CCCCCCCCC. The maximum absolute atomic E-state index is 12.8. The first-order valence-electron chi connectivity index (χ1n) is 23.8. The van der Waals surface area contributed by atoms with E-state index in [2.05, 4.69) is 50.3 Å². The molecule has 0 bridgehead atoms. The van der Waals surface area contributed by atoms with Crippen molar-refractivity contribution < 1.29 is 63.1 Å². The molecule has 0 heterocycles. The van der Waals surface area contributed by atoms with E-state index in [1.54, 1.807) is 0 Å². The van der Waals surface area contributed by atoms with Crippen LogP contribution in [-0.4, -0.2) is 98.3 Å². The zero-order chi connectivity index (χ0) is 45.0. The van der Waals surface area contributed by atoms with E-state index in [0.29, 0.717) is 12.8 Å². The van der Waals surface area contributed by atoms with E-state index in [1.165, 1.54) is 77.0 Å². The van der Waals surface area contributed by atoms with Gasteiger partial charge in [-0.15, -0.1) is 0 Å². The fourth-order valence-corrected chi connectivity index (χ4v) is 8.05. The normalized spacial score (nSPS) is 22.3. The molecule has 1 aliphatic rings. The fourth-order valence-electron chi connectivity index (χ4n) is 7.08. The van der Waals surface area contributed by atoms with Gasteiger partial charge in [-0.2, -0.15) is 0 Å². The second kappa shape index (κ2) is 37.4. The number of aliphatic hydroxyl groups is 5. The van der Waals surface area contributed by atoms with Crippen molar-refractivity contribution in [1.29, 1.82) is 0 Å². The van der Waals surface area contributed by atoms with Gasteiger partial charge in [0.25, 0.3) is 0 Å². The molecule has 0 amide bonds. The Kier molecular flexibility index (Phi) is 35.0. The Morgan fingerprint density at radius 1 is 0.508 bits per heavy atom. The van der Waals surface area contributed by atoms with Crippen molar-refractivity contribution in [1.82, 2.24) is 0 Å². The predicted molar refractivity (Wildman–Crippen MR) is 240 cm³/mol. The Balaban J connectivity index is 2.46. The van der Waals surface area contributed by atoms with Crippen LogP contribution >= 0.6 is 7.82 Å². The number of ether oxygens (including phenoxy) is 2. The van der Waals surface area contributed by atoms with E-state index in [9.17, 15) is 44.6 Å². The van der Waals surface area contributed by atoms with Gasteiger partial charge in [-0.25, -0.2) is 4.57 Å². The van der Waals surface area contributed by atoms with Gasteiger partial charge < -0.3 is 39.9 Å². The zero-order valence-electron chi connectivity index (χ0n) is 37.7. The molecule has 1 saturated carbocycles. The lowest BCUT2D eigenvalue weighted by Gasteiger charge is -2.41. The van der Waals surface area contributed by atoms with Crippen LogP contribution in [0.1, 0.15) is 194 Å². The molecule has 356 valence electrons. The maximum atomic E-state index is 12.8. The number of carbonyl (C=O) groups excluding carboxylic acids is 2. The summed E-state index contributed by atoms with van der Waals surface area (Å²) in [5, 5.41) is 50.2. The highest BCUT2D eigenvalue weighted by Crippen LogP contribution is 2.47. The van der Waals surface area contributed by atoms with Gasteiger partial charge in [-0.05, 0) is 70.6 Å². The Morgan fingerprint density at radius 3 is 1.38 bits per heavy atom. The van der Waals surface area contributed by atoms with Gasteiger partial charge in [-0.3, -0.25) is 18.6 Å². The van der Waals surface area contributed by atoms with Crippen LogP contribution < -0.4 is 0 Å². The lowest BCUT2D eigenvalue weighted by atomic mass is 9.85. The lowest BCUT2D eigenvalue weighted by molar-refractivity contribution is -0.220. The summed E-state index contributed by atoms with van der Waals surface area (Å²) in [6.07, 6.45) is 29.0. The van der Waals surface area contributed by atoms with Crippen LogP contribution in [0.2, 0.25) is 0 Å². The summed E-state index contributed by atoms with van der Waals surface area (Å²) in [7, 11) is -5.12. The summed E-state index contributed by atoms with van der Waals surface area (Å²) in [6, 6.07) is 0. The second-order valence-electron chi connectivity index (χ2n) is 16.6. The Hall–Kier alpha value is -1.93. The average Bonchev–Trinajstić information content (AvgIpc) is 3.24. The van der Waals surface area contributed by atoms with Crippen molar-refractivity contribution in [3.05, 3.63) is 36.5 Å². The number of allylic oxidation sites excluding steroid dienone is 6. The Labute approximate surface area is 368 Å². The summed E-state index contributed by atoms with van der Waals surface area (Å²) in [5.74, 6) is -1.12. The minimum absolute atomic E-state index is 0.0889. The van der Waals surface area contributed by atoms with Crippen LogP contribution in [0, 0.1) is 0 Å². The fraction of sp³-hybridized carbons (Fsp3) is 0.830. The van der Waals surface area contributed by atoms with Crippen molar-refractivity contribution in [2.75, 3.05) is 13.2 Å². The van der Waals surface area contributed by atoms with Gasteiger partial charge >= 0.3 is 19.8 Å². The summed E-state index contributed by atoms with van der Waals surface area (Å²) < 4.78 is 33.5. The maximum Gasteiger partial charge on any atom is 0.472 e. The number of rotatable bonds is 39. The van der Waals surface area contributed by atoms with Crippen LogP contribution in [0.5, 0.6) is 0 Å². The van der Waals surface area contributed by atoms with Crippen molar-refractivity contribution >= 4 is 19.8 Å². The molecule has 61 heavy (non-hydrogen) atoms. The topological polar surface area (TPSA) is 210 Å². The minimum atomic E-state index is -5.12. The second-order valence-corrected chi connectivity index (χ2v) is 18.0. The van der Waals surface area contributed by atoms with Crippen LogP contribution in [0.4, 0.5) is 0 Å². The summed E-state index contributed by atoms with van der Waals surface area (Å²) >= 11 is 0. The van der Waals surface area contributed by atoms with Crippen molar-refractivity contribution in [2.24, 2.45) is 0 Å². The molecule has 6 atom stereocenters. The van der Waals surface area contributed by atoms with Crippen molar-refractivity contribution in [2.45, 2.75) is 236 Å². The number of phosphoric acid groups is 1. The van der Waals surface area contributed by atoms with E-state index in [0.717, 1.165) is 77.0 Å². The first-order chi connectivity index (χ1) is 29.4. The lowest BCUT2D eigenvalue weighted by Crippen LogP contribution is -2.64. The van der Waals surface area contributed by atoms with Crippen LogP contribution in [-0.2, 0) is 32.7 Å². The molecule has 0 radical (unpaired) electrons. The Morgan fingerprint density at radius 2 is 0.885 bits per heavy atom. The van der Waals surface area contributed by atoms with Crippen LogP contribution in [0.25, 0.3) is 0 Å². The smallest absolute Gasteiger partial charge is 0.462 e. The molecule has 0 aromatic carbocycles. The number of aliphatic hydroxyl groups excluding tert-OH is 5. The number of phosphoric ester groups is 1. The highest BCUT2D eigenvalue weighted by molar-refractivity contribution is 7.47. The van der Waals surface area contributed by atoms with Gasteiger partial charge in [0.05, 0.1) is 6.61 Å². The summed E-state index contributed by atoms with van der Waals surface area (Å²) in [5.41, 5.74) is 0. The van der Waals surface area contributed by atoms with E-state index in [4.69, 9.17) is 18.5 Å². The van der Waals surface area contributed by atoms with Crippen molar-refractivity contribution in [3.63, 3.8) is 0 Å². The molecule has 1 aliphatic carbocycles. The molecular formula is C47H85O13P. The molecule has 6 unspecified atom stereocenters. The van der Waals surface area contributed by atoms with E-state index in [-0.39, 0.29) is 12.8 Å². The largest absolute Gasteiger partial charge is 0.472 e. The molecular weight excluding hydrogens is 803 g/mol. The number of esters is 2. The highest BCUT2D eigenvalue weighted by Gasteiger charge is 2.51. The number of carbonyl (C=O) groups is 2. The summed E-state index contributed by atoms with van der Waals surface area (Å²) in [4.78, 5) is 35.7. The standard InChI is InChI=1S/C47H85O13P/c1-3-5-7-9-11-13-15-17-19-20-22-24-26-28-30-32-34-36-41(49)59-39(38-58-61(55,56)60-47-45(53)43(51)42(50)44(52)46(47)54)37-57-40(48)35-33-31-29-27-25-23-21-18-16-14-12-10-8-6-4-2/h12,14,17-19,21,39,42-47,50-54H,3-11,13,15-16,20,22-38H2,1-2H3,(H,55,56). The number of hydrogen-bond donors (Lipinski definition) is 6. The van der Waals surface area contributed by atoms with Gasteiger partial charge in [0.15, 0.2) is 6.10 Å². The van der Waals surface area contributed by atoms with Crippen LogP contribution in [0.3, 0.4) is 0 Å². The first kappa shape index (κ1) is 57.1. The third-order valence-corrected chi connectivity index (χ3v) is 11.9. The van der Waals surface area contributed by atoms with E-state index < -0.39 is 75.7 Å². The molecule has 0 saturated heterocycles. The third-order valence-electron chi connectivity index (χ3n) is 11.0. The molecule has 0 spiro atoms. The highest BCUT2D eigenvalue weighted by atomic mass is 31.2. The zero-order valence-corrected chi connectivity index (χ0v) is 38.6. The van der Waals surface area contributed by atoms with Gasteiger partial charge in [0.1, 0.15) is 43.2 Å². The number of unbranched alkanes of at least 4 members (excludes halogenated alkanes) is 21. The van der Waals surface area contributed by atoms with Crippen LogP contribution in [0.15, 0.2) is 36.5 Å². The van der Waals surface area contributed by atoms with Crippen molar-refractivity contribution in [3.8, 4) is 0 Å². The molecule has 0 aromatic rings. The van der Waals surface area contributed by atoms with E-state index in [1.807, 2.05) is 0 Å². The van der Waals surface area contributed by atoms with Gasteiger partial charge in [0.2, 0.25) is 0 Å². The summed E-state index contributed by atoms with van der Waals surface area (Å²) in [6.45, 7) is 3.26. The first-order valence-corrected chi connectivity index (χ1v) is 25.3. The molecule has 6 N–H and O–H groups in total. The monoisotopic (exact) mass is 889 g/mol. The Bertz CT molecular complexity index is 1210. The average molecular weight is 889 g/mol. The predicted octanol–water partition coefficient (Wildman–Crippen LogP) is 9.39. The molecule has 14 heteroatoms. The molecule has 1 fully saturated rings. The molecule has 0 aliphatic heterocycles. The quantitative estimate of drug-likeness (QED) is 0.0147. The molecule has 13 nitrogen and oxygen atoms in total. The molecule has 0 aromatic heterocycles.